The topological polar surface area (TPSA) is 51.6 Å². The van der Waals surface area contributed by atoms with Crippen LogP contribution in [0.15, 0.2) is 0 Å². The Balaban J connectivity index is 1.51. The molecule has 158 valence electrons. The van der Waals surface area contributed by atoms with E-state index in [9.17, 15) is 0 Å². The summed E-state index contributed by atoms with van der Waals surface area (Å²) in [6.45, 7) is 10.9. The standard InChI is InChI=1S/C22H38N4O2/c1-21(2)15-22(28-16-21)7-5-17(6-8-22)20-18(13-25(4)10-9-23-3)24-26-11-12-27-14-19(20)26/h17,23H,5-16H2,1-4H3. The number of hydrogen-bond donors (Lipinski definition) is 1. The number of hydrogen-bond acceptors (Lipinski definition) is 5. The maximum atomic E-state index is 6.35. The number of aromatic nitrogens is 2. The highest BCUT2D eigenvalue weighted by molar-refractivity contribution is 5.32. The van der Waals surface area contributed by atoms with Gasteiger partial charge >= 0.3 is 0 Å². The first-order valence-electron chi connectivity index (χ1n) is 11.0. The molecule has 1 aromatic heterocycles. The van der Waals surface area contributed by atoms with Crippen LogP contribution in [0.3, 0.4) is 0 Å². The highest BCUT2D eigenvalue weighted by atomic mass is 16.5. The van der Waals surface area contributed by atoms with Crippen molar-refractivity contribution < 1.29 is 9.47 Å². The molecule has 0 bridgehead atoms. The zero-order valence-corrected chi connectivity index (χ0v) is 18.2. The van der Waals surface area contributed by atoms with Crippen LogP contribution in [0.4, 0.5) is 0 Å². The van der Waals surface area contributed by atoms with Crippen LogP contribution in [0.2, 0.25) is 0 Å². The van der Waals surface area contributed by atoms with Gasteiger partial charge in [-0.05, 0) is 57.5 Å². The Morgan fingerprint density at radius 1 is 1.29 bits per heavy atom. The minimum Gasteiger partial charge on any atom is -0.374 e. The van der Waals surface area contributed by atoms with E-state index in [2.05, 4.69) is 35.8 Å². The second kappa shape index (κ2) is 8.05. The van der Waals surface area contributed by atoms with Gasteiger partial charge in [-0.15, -0.1) is 0 Å². The minimum atomic E-state index is 0.132. The van der Waals surface area contributed by atoms with Crippen molar-refractivity contribution in [2.75, 3.05) is 40.4 Å². The van der Waals surface area contributed by atoms with Crippen LogP contribution in [0, 0.1) is 5.41 Å². The number of likely N-dealkylation sites (N-methyl/N-ethyl adjacent to an activating group) is 2. The van der Waals surface area contributed by atoms with Crippen LogP contribution in [0.25, 0.3) is 0 Å². The van der Waals surface area contributed by atoms with Gasteiger partial charge in [0.2, 0.25) is 0 Å². The second-order valence-corrected chi connectivity index (χ2v) is 10.0. The molecule has 6 nitrogen and oxygen atoms in total. The molecule has 1 saturated carbocycles. The SMILES string of the molecule is CNCCN(C)Cc1nn2c(c1C1CCC3(CC1)CC(C)(C)CO3)COCC2. The maximum Gasteiger partial charge on any atom is 0.0888 e. The molecule has 2 aliphatic heterocycles. The third-order valence-electron chi connectivity index (χ3n) is 6.90. The first kappa shape index (κ1) is 20.3. The third-order valence-corrected chi connectivity index (χ3v) is 6.90. The lowest BCUT2D eigenvalue weighted by Crippen LogP contribution is -2.34. The van der Waals surface area contributed by atoms with E-state index in [-0.39, 0.29) is 5.60 Å². The molecule has 0 atom stereocenters. The molecule has 4 rings (SSSR count). The van der Waals surface area contributed by atoms with Crippen LogP contribution < -0.4 is 5.32 Å². The van der Waals surface area contributed by atoms with E-state index in [0.717, 1.165) is 39.4 Å². The van der Waals surface area contributed by atoms with Gasteiger partial charge in [0, 0.05) is 25.2 Å². The number of ether oxygens (including phenoxy) is 2. The molecule has 28 heavy (non-hydrogen) atoms. The van der Waals surface area contributed by atoms with Crippen molar-refractivity contribution in [3.8, 4) is 0 Å². The first-order valence-corrected chi connectivity index (χ1v) is 11.0. The molecule has 1 N–H and O–H groups in total. The summed E-state index contributed by atoms with van der Waals surface area (Å²) in [5.74, 6) is 0.594. The van der Waals surface area contributed by atoms with Crippen molar-refractivity contribution in [2.24, 2.45) is 5.41 Å². The van der Waals surface area contributed by atoms with Gasteiger partial charge in [-0.25, -0.2) is 0 Å². The summed E-state index contributed by atoms with van der Waals surface area (Å²) < 4.78 is 14.4. The number of fused-ring (bicyclic) bond motifs is 1. The summed E-state index contributed by atoms with van der Waals surface area (Å²) >= 11 is 0. The second-order valence-electron chi connectivity index (χ2n) is 10.0. The van der Waals surface area contributed by atoms with Gasteiger partial charge in [-0.2, -0.15) is 5.10 Å². The van der Waals surface area contributed by atoms with Gasteiger partial charge < -0.3 is 14.8 Å². The fraction of sp³-hybridized carbons (Fsp3) is 0.864. The average molecular weight is 391 g/mol. The molecule has 3 aliphatic rings. The Morgan fingerprint density at radius 2 is 2.07 bits per heavy atom. The van der Waals surface area contributed by atoms with E-state index in [1.165, 1.54) is 49.1 Å². The van der Waals surface area contributed by atoms with Crippen molar-refractivity contribution in [3.63, 3.8) is 0 Å². The third kappa shape index (κ3) is 4.16. The highest BCUT2D eigenvalue weighted by Gasteiger charge is 2.47. The summed E-state index contributed by atoms with van der Waals surface area (Å²) in [5.41, 5.74) is 4.55. The Hall–Kier alpha value is -0.950. The molecule has 1 saturated heterocycles. The molecule has 0 radical (unpaired) electrons. The Morgan fingerprint density at radius 3 is 2.75 bits per heavy atom. The van der Waals surface area contributed by atoms with Crippen LogP contribution in [-0.2, 0) is 29.2 Å². The van der Waals surface area contributed by atoms with E-state index in [1.54, 1.807) is 0 Å². The van der Waals surface area contributed by atoms with E-state index >= 15 is 0 Å². The summed E-state index contributed by atoms with van der Waals surface area (Å²) in [5, 5.41) is 8.27. The highest BCUT2D eigenvalue weighted by Crippen LogP contribution is 2.50. The van der Waals surface area contributed by atoms with Gasteiger partial charge in [0.15, 0.2) is 0 Å². The normalized spacial score (nSPS) is 29.5. The van der Waals surface area contributed by atoms with Crippen molar-refractivity contribution in [2.45, 2.75) is 77.2 Å². The van der Waals surface area contributed by atoms with Crippen LogP contribution in [0.5, 0.6) is 0 Å². The fourth-order valence-electron chi connectivity index (χ4n) is 5.52. The molecule has 1 aromatic rings. The van der Waals surface area contributed by atoms with Gasteiger partial charge in [0.25, 0.3) is 0 Å². The summed E-state index contributed by atoms with van der Waals surface area (Å²) in [6, 6.07) is 0. The molecule has 2 fully saturated rings. The minimum absolute atomic E-state index is 0.132. The lowest BCUT2D eigenvalue weighted by atomic mass is 9.71. The van der Waals surface area contributed by atoms with Crippen LogP contribution in [-0.4, -0.2) is 60.7 Å². The van der Waals surface area contributed by atoms with Crippen molar-refractivity contribution in [3.05, 3.63) is 17.0 Å². The number of rotatable bonds is 6. The zero-order chi connectivity index (χ0) is 19.8. The van der Waals surface area contributed by atoms with Crippen molar-refractivity contribution >= 4 is 0 Å². The van der Waals surface area contributed by atoms with E-state index in [4.69, 9.17) is 14.6 Å². The average Bonchev–Trinajstić information content (AvgIpc) is 3.17. The predicted octanol–water partition coefficient (Wildman–Crippen LogP) is 2.91. The molecule has 1 aliphatic carbocycles. The lowest BCUT2D eigenvalue weighted by Gasteiger charge is -2.37. The van der Waals surface area contributed by atoms with Crippen molar-refractivity contribution in [1.29, 1.82) is 0 Å². The van der Waals surface area contributed by atoms with Crippen LogP contribution >= 0.6 is 0 Å². The number of nitrogens with zero attached hydrogens (tertiary/aromatic N) is 3. The summed E-state index contributed by atoms with van der Waals surface area (Å²) in [4.78, 5) is 2.38. The lowest BCUT2D eigenvalue weighted by molar-refractivity contribution is -0.0296. The molecular weight excluding hydrogens is 352 g/mol. The maximum absolute atomic E-state index is 6.35. The van der Waals surface area contributed by atoms with E-state index < -0.39 is 0 Å². The first-order chi connectivity index (χ1) is 13.4. The Bertz CT molecular complexity index is 676. The predicted molar refractivity (Wildman–Crippen MR) is 110 cm³/mol. The molecule has 0 amide bonds. The molecule has 6 heteroatoms. The van der Waals surface area contributed by atoms with Gasteiger partial charge in [0.1, 0.15) is 0 Å². The zero-order valence-electron chi connectivity index (χ0n) is 18.2. The Labute approximate surface area is 169 Å². The molecule has 0 unspecified atom stereocenters. The van der Waals surface area contributed by atoms with Crippen LogP contribution in [0.1, 0.15) is 68.8 Å². The fourth-order valence-corrected chi connectivity index (χ4v) is 5.52. The molecule has 1 spiro atoms. The smallest absolute Gasteiger partial charge is 0.0888 e. The summed E-state index contributed by atoms with van der Waals surface area (Å²) in [6.07, 6.45) is 5.99. The molecule has 3 heterocycles. The van der Waals surface area contributed by atoms with E-state index in [1.807, 2.05) is 7.05 Å². The monoisotopic (exact) mass is 390 g/mol. The molecule has 0 aromatic carbocycles. The Kier molecular flexibility index (Phi) is 5.85. The largest absolute Gasteiger partial charge is 0.374 e. The summed E-state index contributed by atoms with van der Waals surface area (Å²) in [7, 11) is 4.20. The molecular formula is C22H38N4O2. The van der Waals surface area contributed by atoms with Gasteiger partial charge in [0.05, 0.1) is 43.4 Å². The number of nitrogens with one attached hydrogen (secondary N) is 1. The quantitative estimate of drug-likeness (QED) is 0.809. The van der Waals surface area contributed by atoms with Gasteiger partial charge in [-0.3, -0.25) is 9.58 Å². The van der Waals surface area contributed by atoms with E-state index in [0.29, 0.717) is 17.9 Å². The van der Waals surface area contributed by atoms with Crippen molar-refractivity contribution in [1.82, 2.24) is 20.0 Å². The van der Waals surface area contributed by atoms with Gasteiger partial charge in [-0.1, -0.05) is 13.8 Å².